The van der Waals surface area contributed by atoms with Gasteiger partial charge in [0.25, 0.3) is 5.69 Å². The van der Waals surface area contributed by atoms with Crippen LogP contribution in [-0.2, 0) is 0 Å². The van der Waals surface area contributed by atoms with E-state index < -0.39 is 4.92 Å². The first-order valence-electron chi connectivity index (χ1n) is 4.43. The molecule has 0 saturated heterocycles. The highest BCUT2D eigenvalue weighted by Crippen LogP contribution is 2.17. The average Bonchev–Trinajstić information content (AvgIpc) is 2.17. The number of non-ortho nitro benzene ring substituents is 1. The molecule has 0 atom stereocenters. The molecule has 0 unspecified atom stereocenters. The van der Waals surface area contributed by atoms with Gasteiger partial charge in [0, 0.05) is 12.1 Å². The zero-order valence-corrected chi connectivity index (χ0v) is 8.30. The lowest BCUT2D eigenvalue weighted by molar-refractivity contribution is -0.384. The molecule has 0 aromatic heterocycles. The van der Waals surface area contributed by atoms with Crippen LogP contribution < -0.4 is 0 Å². The summed E-state index contributed by atoms with van der Waals surface area (Å²) in [5.41, 5.74) is 1.66. The van der Waals surface area contributed by atoms with Crippen molar-refractivity contribution >= 4 is 11.8 Å². The lowest BCUT2D eigenvalue weighted by Gasteiger charge is -1.97. The van der Waals surface area contributed by atoms with Gasteiger partial charge in [-0.2, -0.15) is 5.26 Å². The van der Waals surface area contributed by atoms with Gasteiger partial charge in [0.15, 0.2) is 0 Å². The minimum Gasteiger partial charge on any atom is -0.258 e. The van der Waals surface area contributed by atoms with Gasteiger partial charge < -0.3 is 0 Å². The van der Waals surface area contributed by atoms with E-state index in [1.165, 1.54) is 12.1 Å². The maximum atomic E-state index is 10.6. The molecule has 0 heterocycles. The van der Waals surface area contributed by atoms with E-state index in [1.807, 2.05) is 12.1 Å². The summed E-state index contributed by atoms with van der Waals surface area (Å²) in [6.45, 7) is 1.80. The van der Waals surface area contributed by atoms with Gasteiger partial charge in [-0.05, 0) is 18.1 Å². The number of rotatable bonds is 3. The highest BCUT2D eigenvalue weighted by Gasteiger charge is 2.05. The van der Waals surface area contributed by atoms with Gasteiger partial charge in [-0.1, -0.05) is 18.2 Å². The summed E-state index contributed by atoms with van der Waals surface area (Å²) >= 11 is 0. The standard InChI is InChI=1S/C11H10N2O2/c1-9-6-10(4-2-3-5-12)8-11(7-9)13(14)15/h2,4,6-8H,3H2,1H3. The molecular weight excluding hydrogens is 192 g/mol. The maximum absolute atomic E-state index is 10.6. The Kier molecular flexibility index (Phi) is 3.58. The molecule has 0 amide bonds. The van der Waals surface area contributed by atoms with Crippen LogP contribution in [0.1, 0.15) is 17.5 Å². The van der Waals surface area contributed by atoms with Crippen LogP contribution >= 0.6 is 0 Å². The molecular formula is C11H10N2O2. The van der Waals surface area contributed by atoms with Crippen molar-refractivity contribution in [1.82, 2.24) is 0 Å². The molecule has 1 rings (SSSR count). The smallest absolute Gasteiger partial charge is 0.258 e. The predicted octanol–water partition coefficient (Wildman–Crippen LogP) is 2.83. The van der Waals surface area contributed by atoms with Crippen LogP contribution in [0.2, 0.25) is 0 Å². The fourth-order valence-corrected chi connectivity index (χ4v) is 1.24. The van der Waals surface area contributed by atoms with Gasteiger partial charge >= 0.3 is 0 Å². The Morgan fingerprint density at radius 2 is 2.27 bits per heavy atom. The third-order valence-electron chi connectivity index (χ3n) is 1.81. The third-order valence-corrected chi connectivity index (χ3v) is 1.81. The minimum atomic E-state index is -0.422. The average molecular weight is 202 g/mol. The fraction of sp³-hybridized carbons (Fsp3) is 0.182. The normalized spacial score (nSPS) is 10.1. The molecule has 0 spiro atoms. The van der Waals surface area contributed by atoms with Crippen LogP contribution in [0.4, 0.5) is 5.69 Å². The van der Waals surface area contributed by atoms with Gasteiger partial charge in [-0.25, -0.2) is 0 Å². The van der Waals surface area contributed by atoms with Crippen LogP contribution in [0.25, 0.3) is 6.08 Å². The van der Waals surface area contributed by atoms with Gasteiger partial charge in [-0.15, -0.1) is 0 Å². The van der Waals surface area contributed by atoms with Crippen LogP contribution in [0.15, 0.2) is 24.3 Å². The number of nitro benzene ring substituents is 1. The molecule has 15 heavy (non-hydrogen) atoms. The summed E-state index contributed by atoms with van der Waals surface area (Å²) < 4.78 is 0. The highest BCUT2D eigenvalue weighted by atomic mass is 16.6. The van der Waals surface area contributed by atoms with Crippen molar-refractivity contribution in [3.05, 3.63) is 45.5 Å². The fourth-order valence-electron chi connectivity index (χ4n) is 1.24. The lowest BCUT2D eigenvalue weighted by Crippen LogP contribution is -1.89. The summed E-state index contributed by atoms with van der Waals surface area (Å²) in [7, 11) is 0. The molecule has 0 saturated carbocycles. The molecule has 0 bridgehead atoms. The Morgan fingerprint density at radius 3 is 2.87 bits per heavy atom. The second-order valence-corrected chi connectivity index (χ2v) is 3.12. The zero-order chi connectivity index (χ0) is 11.3. The number of aryl methyl sites for hydroxylation is 1. The highest BCUT2D eigenvalue weighted by molar-refractivity contribution is 5.55. The Morgan fingerprint density at radius 1 is 1.53 bits per heavy atom. The largest absolute Gasteiger partial charge is 0.270 e. The second kappa shape index (κ2) is 4.91. The number of allylic oxidation sites excluding steroid dienone is 1. The molecule has 0 aliphatic rings. The Labute approximate surface area is 87.6 Å². The van der Waals surface area contributed by atoms with E-state index in [9.17, 15) is 10.1 Å². The van der Waals surface area contributed by atoms with Crippen LogP contribution in [-0.4, -0.2) is 4.92 Å². The van der Waals surface area contributed by atoms with E-state index in [-0.39, 0.29) is 5.69 Å². The van der Waals surface area contributed by atoms with Crippen molar-refractivity contribution in [2.45, 2.75) is 13.3 Å². The monoisotopic (exact) mass is 202 g/mol. The van der Waals surface area contributed by atoms with E-state index in [4.69, 9.17) is 5.26 Å². The summed E-state index contributed by atoms with van der Waals surface area (Å²) in [5, 5.41) is 18.9. The number of nitro groups is 1. The molecule has 0 fully saturated rings. The number of nitrogens with zero attached hydrogens (tertiary/aromatic N) is 2. The SMILES string of the molecule is Cc1cc(C=CCC#N)cc([N+](=O)[O-])c1. The quantitative estimate of drug-likeness (QED) is 0.559. The number of nitriles is 1. The Hall–Kier alpha value is -2.15. The van der Waals surface area contributed by atoms with E-state index in [2.05, 4.69) is 0 Å². The summed E-state index contributed by atoms with van der Waals surface area (Å²) in [4.78, 5) is 10.1. The van der Waals surface area contributed by atoms with Crippen molar-refractivity contribution in [2.24, 2.45) is 0 Å². The van der Waals surface area contributed by atoms with Crippen molar-refractivity contribution in [3.63, 3.8) is 0 Å². The van der Waals surface area contributed by atoms with E-state index in [1.54, 1.807) is 19.1 Å². The van der Waals surface area contributed by atoms with Crippen LogP contribution in [0.5, 0.6) is 0 Å². The molecule has 0 aliphatic heterocycles. The van der Waals surface area contributed by atoms with Gasteiger partial charge in [-0.3, -0.25) is 10.1 Å². The molecule has 4 nitrogen and oxygen atoms in total. The number of hydrogen-bond acceptors (Lipinski definition) is 3. The topological polar surface area (TPSA) is 66.9 Å². The molecule has 0 aliphatic carbocycles. The summed E-state index contributed by atoms with van der Waals surface area (Å²) in [6, 6.07) is 6.81. The summed E-state index contributed by atoms with van der Waals surface area (Å²) in [5.74, 6) is 0. The lowest BCUT2D eigenvalue weighted by atomic mass is 10.1. The van der Waals surface area contributed by atoms with Gasteiger partial charge in [0.1, 0.15) is 0 Å². The summed E-state index contributed by atoms with van der Waals surface area (Å²) in [6.07, 6.45) is 3.70. The minimum absolute atomic E-state index is 0.0756. The molecule has 1 aromatic rings. The molecule has 0 N–H and O–H groups in total. The Bertz CT molecular complexity index is 444. The first kappa shape index (κ1) is 10.9. The van der Waals surface area contributed by atoms with Crippen molar-refractivity contribution in [2.75, 3.05) is 0 Å². The zero-order valence-electron chi connectivity index (χ0n) is 8.30. The van der Waals surface area contributed by atoms with Crippen molar-refractivity contribution < 1.29 is 4.92 Å². The Balaban J connectivity index is 3.00. The molecule has 4 heteroatoms. The van der Waals surface area contributed by atoms with Gasteiger partial charge in [0.05, 0.1) is 17.4 Å². The molecule has 76 valence electrons. The van der Waals surface area contributed by atoms with Crippen molar-refractivity contribution in [1.29, 1.82) is 5.26 Å². The van der Waals surface area contributed by atoms with Crippen LogP contribution in [0.3, 0.4) is 0 Å². The van der Waals surface area contributed by atoms with E-state index in [0.29, 0.717) is 6.42 Å². The molecule has 1 aromatic carbocycles. The predicted molar refractivity (Wildman–Crippen MR) is 57.1 cm³/mol. The van der Waals surface area contributed by atoms with E-state index in [0.717, 1.165) is 11.1 Å². The third kappa shape index (κ3) is 3.24. The maximum Gasteiger partial charge on any atom is 0.270 e. The van der Waals surface area contributed by atoms with E-state index >= 15 is 0 Å². The van der Waals surface area contributed by atoms with Crippen molar-refractivity contribution in [3.8, 4) is 6.07 Å². The number of benzene rings is 1. The molecule has 0 radical (unpaired) electrons. The second-order valence-electron chi connectivity index (χ2n) is 3.12. The number of hydrogen-bond donors (Lipinski definition) is 0. The first-order chi connectivity index (χ1) is 7.13. The first-order valence-corrected chi connectivity index (χ1v) is 4.43. The van der Waals surface area contributed by atoms with Crippen LogP contribution in [0, 0.1) is 28.4 Å². The van der Waals surface area contributed by atoms with Gasteiger partial charge in [0.2, 0.25) is 0 Å².